The number of hydrogen-bond donors (Lipinski definition) is 2. The Bertz CT molecular complexity index is 1490. The van der Waals surface area contributed by atoms with E-state index in [0.717, 1.165) is 0 Å². The minimum absolute atomic E-state index is 0.0619. The van der Waals surface area contributed by atoms with Crippen LogP contribution in [0.5, 0.6) is 11.5 Å². The Morgan fingerprint density at radius 2 is 1.50 bits per heavy atom. The molecule has 10 nitrogen and oxygen atoms in total. The van der Waals surface area contributed by atoms with Gasteiger partial charge in [0.25, 0.3) is 10.0 Å². The molecule has 0 bridgehead atoms. The molecule has 1 aliphatic rings. The molecule has 1 heterocycles. The molecule has 0 aromatic heterocycles. The second-order valence-electron chi connectivity index (χ2n) is 8.68. The molecule has 4 rings (SSSR count). The molecule has 1 fully saturated rings. The molecule has 0 radical (unpaired) electrons. The first-order chi connectivity index (χ1) is 18.1. The normalized spacial score (nSPS) is 15.0. The number of ether oxygens (including phenoxy) is 2. The first-order valence-electron chi connectivity index (χ1n) is 11.8. The first kappa shape index (κ1) is 27.4. The van der Waals surface area contributed by atoms with E-state index in [4.69, 9.17) is 9.47 Å². The highest BCUT2D eigenvalue weighted by molar-refractivity contribution is 7.92. The van der Waals surface area contributed by atoms with E-state index < -0.39 is 26.0 Å². The molecule has 0 atom stereocenters. The Labute approximate surface area is 222 Å². The van der Waals surface area contributed by atoms with Gasteiger partial charge in [0.1, 0.15) is 11.5 Å². The van der Waals surface area contributed by atoms with Crippen LogP contribution < -0.4 is 19.5 Å². The Balaban J connectivity index is 1.45. The predicted molar refractivity (Wildman–Crippen MR) is 143 cm³/mol. The number of amides is 1. The topological polar surface area (TPSA) is 131 Å². The van der Waals surface area contributed by atoms with Gasteiger partial charge in [0.2, 0.25) is 15.9 Å². The van der Waals surface area contributed by atoms with Crippen LogP contribution in [-0.4, -0.2) is 54.4 Å². The van der Waals surface area contributed by atoms with Gasteiger partial charge >= 0.3 is 0 Å². The van der Waals surface area contributed by atoms with E-state index in [1.165, 1.54) is 36.7 Å². The maximum atomic E-state index is 13.1. The van der Waals surface area contributed by atoms with Crippen molar-refractivity contribution in [2.24, 2.45) is 5.92 Å². The number of anilines is 2. The summed E-state index contributed by atoms with van der Waals surface area (Å²) in [6, 6.07) is 18.8. The minimum Gasteiger partial charge on any atom is -0.497 e. The average Bonchev–Trinajstić information content (AvgIpc) is 2.93. The molecule has 3 aromatic rings. The maximum Gasteiger partial charge on any atom is 0.261 e. The van der Waals surface area contributed by atoms with Crippen molar-refractivity contribution in [2.75, 3.05) is 37.3 Å². The Morgan fingerprint density at radius 1 is 0.842 bits per heavy atom. The fourth-order valence-electron chi connectivity index (χ4n) is 4.16. The smallest absolute Gasteiger partial charge is 0.261 e. The van der Waals surface area contributed by atoms with Crippen LogP contribution in [0.25, 0.3) is 0 Å². The lowest BCUT2D eigenvalue weighted by Crippen LogP contribution is -2.41. The maximum absolute atomic E-state index is 13.1. The van der Waals surface area contributed by atoms with Crippen molar-refractivity contribution >= 4 is 37.3 Å². The van der Waals surface area contributed by atoms with E-state index in [1.54, 1.807) is 54.6 Å². The molecule has 1 aliphatic heterocycles. The van der Waals surface area contributed by atoms with Crippen LogP contribution in [0.2, 0.25) is 0 Å². The number of sulfonamides is 2. The summed E-state index contributed by atoms with van der Waals surface area (Å²) in [6.07, 6.45) is 0.661. The third-order valence-electron chi connectivity index (χ3n) is 6.29. The molecule has 0 aliphatic carbocycles. The molecular weight excluding hydrogens is 530 g/mol. The summed E-state index contributed by atoms with van der Waals surface area (Å²) in [4.78, 5) is 13.2. The van der Waals surface area contributed by atoms with Gasteiger partial charge < -0.3 is 14.8 Å². The highest BCUT2D eigenvalue weighted by Gasteiger charge is 2.32. The number of carbonyl (C=O) groups excluding carboxylic acids is 1. The lowest BCUT2D eigenvalue weighted by atomic mass is 9.97. The highest BCUT2D eigenvalue weighted by Crippen LogP contribution is 2.31. The number of carbonyl (C=O) groups is 1. The van der Waals surface area contributed by atoms with Crippen LogP contribution in [0.4, 0.5) is 11.4 Å². The van der Waals surface area contributed by atoms with E-state index in [1.807, 2.05) is 0 Å². The summed E-state index contributed by atoms with van der Waals surface area (Å²) in [5.74, 6) is 0.106. The van der Waals surface area contributed by atoms with Crippen molar-refractivity contribution in [1.82, 2.24) is 4.31 Å². The molecule has 202 valence electrons. The summed E-state index contributed by atoms with van der Waals surface area (Å²) in [5, 5.41) is 2.77. The Hall–Kier alpha value is -3.61. The van der Waals surface area contributed by atoms with E-state index in [9.17, 15) is 21.6 Å². The number of nitrogens with zero attached hydrogens (tertiary/aromatic N) is 1. The van der Waals surface area contributed by atoms with Crippen molar-refractivity contribution in [3.05, 3.63) is 72.8 Å². The molecule has 3 aromatic carbocycles. The van der Waals surface area contributed by atoms with Gasteiger partial charge in [-0.15, -0.1) is 0 Å². The van der Waals surface area contributed by atoms with Crippen molar-refractivity contribution in [3.8, 4) is 11.5 Å². The second kappa shape index (κ2) is 11.4. The van der Waals surface area contributed by atoms with Crippen molar-refractivity contribution in [2.45, 2.75) is 22.6 Å². The molecule has 2 N–H and O–H groups in total. The fraction of sp³-hybridized carbons (Fsp3) is 0.269. The molecular formula is C26H29N3O7S2. The number of nitrogens with one attached hydrogen (secondary N) is 2. The van der Waals surface area contributed by atoms with Crippen LogP contribution in [0.1, 0.15) is 12.8 Å². The van der Waals surface area contributed by atoms with Gasteiger partial charge in [0, 0.05) is 24.7 Å². The largest absolute Gasteiger partial charge is 0.497 e. The summed E-state index contributed by atoms with van der Waals surface area (Å²) in [5.41, 5.74) is 0.555. The average molecular weight is 560 g/mol. The van der Waals surface area contributed by atoms with Gasteiger partial charge in [0.05, 0.1) is 29.7 Å². The van der Waals surface area contributed by atoms with E-state index in [0.29, 0.717) is 30.0 Å². The summed E-state index contributed by atoms with van der Waals surface area (Å²) in [6.45, 7) is 0.402. The number of methoxy groups -OCH3 is 2. The van der Waals surface area contributed by atoms with E-state index in [2.05, 4.69) is 10.0 Å². The SMILES string of the molecule is COc1ccc(NS(=O)(=O)c2ccc(OC)c(NC(=O)C3CCN(S(=O)(=O)c4ccccc4)CC3)c2)cc1. The number of rotatable bonds is 9. The molecule has 1 saturated heterocycles. The quantitative estimate of drug-likeness (QED) is 0.410. The van der Waals surface area contributed by atoms with Crippen LogP contribution >= 0.6 is 0 Å². The van der Waals surface area contributed by atoms with Gasteiger partial charge in [-0.25, -0.2) is 16.8 Å². The third-order valence-corrected chi connectivity index (χ3v) is 9.58. The van der Waals surface area contributed by atoms with E-state index >= 15 is 0 Å². The zero-order valence-corrected chi connectivity index (χ0v) is 22.6. The van der Waals surface area contributed by atoms with Gasteiger partial charge in [-0.3, -0.25) is 9.52 Å². The number of benzene rings is 3. The monoisotopic (exact) mass is 559 g/mol. The molecule has 0 spiro atoms. The zero-order chi connectivity index (χ0) is 27.3. The second-order valence-corrected chi connectivity index (χ2v) is 12.3. The molecule has 0 unspecified atom stereocenters. The Morgan fingerprint density at radius 3 is 2.11 bits per heavy atom. The lowest BCUT2D eigenvalue weighted by molar-refractivity contribution is -0.120. The van der Waals surface area contributed by atoms with Gasteiger partial charge in [-0.1, -0.05) is 18.2 Å². The van der Waals surface area contributed by atoms with Gasteiger partial charge in [-0.2, -0.15) is 4.31 Å². The minimum atomic E-state index is -3.96. The number of hydrogen-bond acceptors (Lipinski definition) is 7. The molecule has 1 amide bonds. The van der Waals surface area contributed by atoms with Crippen molar-refractivity contribution in [1.29, 1.82) is 0 Å². The van der Waals surface area contributed by atoms with E-state index in [-0.39, 0.29) is 34.5 Å². The summed E-state index contributed by atoms with van der Waals surface area (Å²) in [7, 11) is -4.66. The van der Waals surface area contributed by atoms with Gasteiger partial charge in [-0.05, 0) is 67.4 Å². The van der Waals surface area contributed by atoms with Crippen LogP contribution in [0.3, 0.4) is 0 Å². The van der Waals surface area contributed by atoms with Crippen molar-refractivity contribution < 1.29 is 31.1 Å². The molecule has 0 saturated carbocycles. The van der Waals surface area contributed by atoms with Gasteiger partial charge in [0.15, 0.2) is 0 Å². The fourth-order valence-corrected chi connectivity index (χ4v) is 6.73. The van der Waals surface area contributed by atoms with Crippen molar-refractivity contribution in [3.63, 3.8) is 0 Å². The first-order valence-corrected chi connectivity index (χ1v) is 14.8. The predicted octanol–water partition coefficient (Wildman–Crippen LogP) is 3.54. The number of piperidine rings is 1. The molecule has 12 heteroatoms. The highest BCUT2D eigenvalue weighted by atomic mass is 32.2. The van der Waals surface area contributed by atoms with Crippen LogP contribution in [-0.2, 0) is 24.8 Å². The standard InChI is InChI=1S/C26H29N3O7S2/c1-35-21-10-8-20(9-11-21)28-37(31,32)23-12-13-25(36-2)24(18-23)27-26(30)19-14-16-29(17-15-19)38(33,34)22-6-4-3-5-7-22/h3-13,18-19,28H,14-17H2,1-2H3,(H,27,30). The summed E-state index contributed by atoms with van der Waals surface area (Å²) >= 11 is 0. The Kier molecular flexibility index (Phi) is 8.24. The third kappa shape index (κ3) is 6.09. The van der Waals surface area contributed by atoms with Crippen LogP contribution in [0.15, 0.2) is 82.6 Å². The zero-order valence-electron chi connectivity index (χ0n) is 21.0. The van der Waals surface area contributed by atoms with Crippen LogP contribution in [0, 0.1) is 5.92 Å². The molecule has 38 heavy (non-hydrogen) atoms. The summed E-state index contributed by atoms with van der Waals surface area (Å²) < 4.78 is 66.0. The lowest BCUT2D eigenvalue weighted by Gasteiger charge is -2.30.